The van der Waals surface area contributed by atoms with Gasteiger partial charge in [0.1, 0.15) is 0 Å². The van der Waals surface area contributed by atoms with Crippen molar-refractivity contribution in [3.63, 3.8) is 0 Å². The normalized spacial score (nSPS) is 26.6. The number of para-hydroxylation sites is 1. The number of hydrogen-bond acceptors (Lipinski definition) is 3. The van der Waals surface area contributed by atoms with Crippen molar-refractivity contribution in [2.45, 2.75) is 12.2 Å². The molecule has 4 heteroatoms. The summed E-state index contributed by atoms with van der Waals surface area (Å²) in [5.74, 6) is 0. The molecule has 86 valence electrons. The number of rotatable bonds is 5. The average Bonchev–Trinajstić information content (AvgIpc) is 3.12. The van der Waals surface area contributed by atoms with Crippen LogP contribution in [0.1, 0.15) is 0 Å². The van der Waals surface area contributed by atoms with Crippen LogP contribution in [0.2, 0.25) is 5.02 Å². The monoisotopic (exact) mass is 239 g/mol. The van der Waals surface area contributed by atoms with Gasteiger partial charge in [-0.1, -0.05) is 23.7 Å². The molecule has 2 aliphatic rings. The van der Waals surface area contributed by atoms with Crippen molar-refractivity contribution in [3.05, 3.63) is 29.3 Å². The van der Waals surface area contributed by atoms with E-state index >= 15 is 0 Å². The highest BCUT2D eigenvalue weighted by Gasteiger charge is 2.31. The summed E-state index contributed by atoms with van der Waals surface area (Å²) >= 11 is 6.20. The molecule has 3 rings (SSSR count). The van der Waals surface area contributed by atoms with E-state index < -0.39 is 0 Å². The standard InChI is InChI=1S/C12H14ClNO2/c13-11-3-1-2-4-12(11)14(5-9-7-15-9)6-10-8-16-10/h1-4,9-10H,5-8H2. The Labute approximate surface area is 99.9 Å². The van der Waals surface area contributed by atoms with E-state index in [9.17, 15) is 0 Å². The fraction of sp³-hybridized carbons (Fsp3) is 0.500. The maximum Gasteiger partial charge on any atom is 0.0984 e. The van der Waals surface area contributed by atoms with Gasteiger partial charge in [-0.2, -0.15) is 0 Å². The Morgan fingerprint density at radius 2 is 1.69 bits per heavy atom. The second-order valence-corrected chi connectivity index (χ2v) is 4.67. The number of epoxide rings is 2. The maximum atomic E-state index is 6.20. The molecule has 0 N–H and O–H groups in total. The molecule has 0 radical (unpaired) electrons. The van der Waals surface area contributed by atoms with Crippen LogP contribution < -0.4 is 4.90 Å². The van der Waals surface area contributed by atoms with Crippen molar-refractivity contribution >= 4 is 17.3 Å². The zero-order valence-electron chi connectivity index (χ0n) is 8.93. The Morgan fingerprint density at radius 3 is 2.19 bits per heavy atom. The van der Waals surface area contributed by atoms with E-state index in [0.717, 1.165) is 37.0 Å². The zero-order chi connectivity index (χ0) is 11.0. The van der Waals surface area contributed by atoms with E-state index in [0.29, 0.717) is 12.2 Å². The summed E-state index contributed by atoms with van der Waals surface area (Å²) in [5.41, 5.74) is 1.08. The van der Waals surface area contributed by atoms with Gasteiger partial charge in [0.2, 0.25) is 0 Å². The van der Waals surface area contributed by atoms with Gasteiger partial charge in [-0.3, -0.25) is 0 Å². The lowest BCUT2D eigenvalue weighted by atomic mass is 10.2. The third kappa shape index (κ3) is 2.48. The van der Waals surface area contributed by atoms with Gasteiger partial charge in [0.25, 0.3) is 0 Å². The molecule has 0 aliphatic carbocycles. The first-order valence-corrected chi connectivity index (χ1v) is 5.93. The minimum Gasteiger partial charge on any atom is -0.371 e. The highest BCUT2D eigenvalue weighted by molar-refractivity contribution is 6.33. The lowest BCUT2D eigenvalue weighted by molar-refractivity contribution is 0.389. The number of benzene rings is 1. The van der Waals surface area contributed by atoms with Crippen LogP contribution in [0.3, 0.4) is 0 Å². The third-order valence-electron chi connectivity index (χ3n) is 2.85. The fourth-order valence-corrected chi connectivity index (χ4v) is 2.07. The molecule has 1 aromatic carbocycles. The van der Waals surface area contributed by atoms with E-state index in [-0.39, 0.29) is 0 Å². The van der Waals surface area contributed by atoms with Gasteiger partial charge in [-0.25, -0.2) is 0 Å². The molecule has 2 atom stereocenters. The van der Waals surface area contributed by atoms with Gasteiger partial charge >= 0.3 is 0 Å². The SMILES string of the molecule is Clc1ccccc1N(CC1CO1)CC1CO1. The lowest BCUT2D eigenvalue weighted by Gasteiger charge is -2.24. The predicted octanol–water partition coefficient (Wildman–Crippen LogP) is 1.94. The molecular formula is C12H14ClNO2. The van der Waals surface area contributed by atoms with Crippen LogP contribution >= 0.6 is 11.6 Å². The molecule has 3 nitrogen and oxygen atoms in total. The average molecular weight is 240 g/mol. The molecule has 2 unspecified atom stereocenters. The smallest absolute Gasteiger partial charge is 0.0984 e. The maximum absolute atomic E-state index is 6.20. The van der Waals surface area contributed by atoms with Gasteiger partial charge in [-0.15, -0.1) is 0 Å². The lowest BCUT2D eigenvalue weighted by Crippen LogP contribution is -2.31. The Balaban J connectivity index is 1.76. The van der Waals surface area contributed by atoms with Crippen LogP contribution in [0.5, 0.6) is 0 Å². The number of anilines is 1. The van der Waals surface area contributed by atoms with Crippen molar-refractivity contribution in [2.24, 2.45) is 0 Å². The minimum atomic E-state index is 0.370. The largest absolute Gasteiger partial charge is 0.371 e. The number of ether oxygens (including phenoxy) is 2. The summed E-state index contributed by atoms with van der Waals surface area (Å²) in [5, 5.41) is 0.795. The molecule has 0 saturated carbocycles. The van der Waals surface area contributed by atoms with Crippen LogP contribution in [-0.2, 0) is 9.47 Å². The van der Waals surface area contributed by atoms with Gasteiger partial charge in [0, 0.05) is 13.1 Å². The summed E-state index contributed by atoms with van der Waals surface area (Å²) in [7, 11) is 0. The van der Waals surface area contributed by atoms with E-state index in [1.54, 1.807) is 0 Å². The summed E-state index contributed by atoms with van der Waals surface area (Å²) in [4.78, 5) is 2.26. The summed E-state index contributed by atoms with van der Waals surface area (Å²) < 4.78 is 10.6. The van der Waals surface area contributed by atoms with Crippen LogP contribution in [0.25, 0.3) is 0 Å². The molecule has 2 heterocycles. The molecular weight excluding hydrogens is 226 g/mol. The van der Waals surface area contributed by atoms with Crippen molar-refractivity contribution in [3.8, 4) is 0 Å². The van der Waals surface area contributed by atoms with E-state index in [2.05, 4.69) is 4.90 Å². The molecule has 16 heavy (non-hydrogen) atoms. The molecule has 0 aromatic heterocycles. The predicted molar refractivity (Wildman–Crippen MR) is 63.1 cm³/mol. The van der Waals surface area contributed by atoms with Crippen molar-refractivity contribution in [2.75, 3.05) is 31.2 Å². The minimum absolute atomic E-state index is 0.370. The number of hydrogen-bond donors (Lipinski definition) is 0. The Kier molecular flexibility index (Phi) is 2.75. The Morgan fingerprint density at radius 1 is 1.12 bits per heavy atom. The van der Waals surface area contributed by atoms with E-state index in [1.807, 2.05) is 24.3 Å². The van der Waals surface area contributed by atoms with Gasteiger partial charge in [0.15, 0.2) is 0 Å². The Hall–Kier alpha value is -0.770. The van der Waals surface area contributed by atoms with Gasteiger partial charge < -0.3 is 14.4 Å². The van der Waals surface area contributed by atoms with Crippen LogP contribution in [-0.4, -0.2) is 38.5 Å². The van der Waals surface area contributed by atoms with E-state index in [1.165, 1.54) is 0 Å². The van der Waals surface area contributed by atoms with Crippen LogP contribution in [0, 0.1) is 0 Å². The third-order valence-corrected chi connectivity index (χ3v) is 3.17. The quantitative estimate of drug-likeness (QED) is 0.736. The number of nitrogens with zero attached hydrogens (tertiary/aromatic N) is 1. The summed E-state index contributed by atoms with van der Waals surface area (Å²) in [6.07, 6.45) is 0.741. The van der Waals surface area contributed by atoms with Crippen molar-refractivity contribution < 1.29 is 9.47 Å². The Bertz CT molecular complexity index is 363. The second kappa shape index (κ2) is 4.24. The highest BCUT2D eigenvalue weighted by atomic mass is 35.5. The van der Waals surface area contributed by atoms with Crippen molar-refractivity contribution in [1.82, 2.24) is 0 Å². The summed E-state index contributed by atoms with van der Waals surface area (Å²) in [6.45, 7) is 3.55. The summed E-state index contributed by atoms with van der Waals surface area (Å²) in [6, 6.07) is 7.93. The van der Waals surface area contributed by atoms with Gasteiger partial charge in [0.05, 0.1) is 36.1 Å². The topological polar surface area (TPSA) is 28.3 Å². The van der Waals surface area contributed by atoms with Crippen LogP contribution in [0.15, 0.2) is 24.3 Å². The first-order valence-electron chi connectivity index (χ1n) is 5.55. The molecule has 1 aromatic rings. The molecule has 2 saturated heterocycles. The van der Waals surface area contributed by atoms with Crippen molar-refractivity contribution in [1.29, 1.82) is 0 Å². The fourth-order valence-electron chi connectivity index (χ4n) is 1.82. The van der Waals surface area contributed by atoms with Gasteiger partial charge in [-0.05, 0) is 12.1 Å². The highest BCUT2D eigenvalue weighted by Crippen LogP contribution is 2.28. The number of halogens is 1. The van der Waals surface area contributed by atoms with Crippen LogP contribution in [0.4, 0.5) is 5.69 Å². The molecule has 2 fully saturated rings. The zero-order valence-corrected chi connectivity index (χ0v) is 9.69. The molecule has 0 spiro atoms. The molecule has 2 aliphatic heterocycles. The second-order valence-electron chi connectivity index (χ2n) is 4.27. The first kappa shape index (κ1) is 10.4. The molecule has 0 bridgehead atoms. The van der Waals surface area contributed by atoms with E-state index in [4.69, 9.17) is 21.1 Å². The molecule has 0 amide bonds. The first-order chi connectivity index (χ1) is 7.83.